The van der Waals surface area contributed by atoms with Crippen LogP contribution in [-0.2, 0) is 24.1 Å². The molecule has 0 saturated heterocycles. The van der Waals surface area contributed by atoms with Crippen LogP contribution in [0.3, 0.4) is 0 Å². The number of hydrogen-bond acceptors (Lipinski definition) is 4. The molecule has 130 valence electrons. The maximum absolute atomic E-state index is 11.5. The SMILES string of the molecule is CC[S+]([O-])CCOc1ccc(-c2cn3c(n2)CCCC3)c(OC)c1. The van der Waals surface area contributed by atoms with Gasteiger partial charge in [-0.2, -0.15) is 0 Å². The van der Waals surface area contributed by atoms with E-state index in [9.17, 15) is 4.55 Å². The number of imidazole rings is 1. The van der Waals surface area contributed by atoms with Gasteiger partial charge in [0.05, 0.1) is 12.8 Å². The zero-order valence-corrected chi connectivity index (χ0v) is 15.1. The first-order valence-corrected chi connectivity index (χ1v) is 9.92. The molecule has 1 unspecified atom stereocenters. The lowest BCUT2D eigenvalue weighted by Gasteiger charge is -2.12. The Morgan fingerprint density at radius 3 is 2.96 bits per heavy atom. The van der Waals surface area contributed by atoms with Crippen LogP contribution in [0, 0.1) is 0 Å². The highest BCUT2D eigenvalue weighted by atomic mass is 32.2. The van der Waals surface area contributed by atoms with Gasteiger partial charge in [0, 0.05) is 30.8 Å². The summed E-state index contributed by atoms with van der Waals surface area (Å²) in [5.74, 6) is 3.85. The molecule has 6 heteroatoms. The van der Waals surface area contributed by atoms with Gasteiger partial charge in [-0.05, 0) is 31.9 Å². The molecule has 2 heterocycles. The van der Waals surface area contributed by atoms with E-state index < -0.39 is 11.2 Å². The van der Waals surface area contributed by atoms with Crippen LogP contribution in [0.2, 0.25) is 0 Å². The maximum atomic E-state index is 11.5. The van der Waals surface area contributed by atoms with Gasteiger partial charge in [0.15, 0.2) is 0 Å². The van der Waals surface area contributed by atoms with Gasteiger partial charge in [-0.25, -0.2) is 4.98 Å². The minimum atomic E-state index is -0.807. The molecule has 1 aromatic heterocycles. The summed E-state index contributed by atoms with van der Waals surface area (Å²) in [7, 11) is 1.66. The van der Waals surface area contributed by atoms with Gasteiger partial charge in [0.2, 0.25) is 0 Å². The minimum Gasteiger partial charge on any atom is -0.616 e. The summed E-state index contributed by atoms with van der Waals surface area (Å²) in [6.07, 6.45) is 5.57. The Morgan fingerprint density at radius 2 is 2.21 bits per heavy atom. The lowest BCUT2D eigenvalue weighted by molar-refractivity contribution is 0.337. The highest BCUT2D eigenvalue weighted by molar-refractivity contribution is 7.91. The van der Waals surface area contributed by atoms with Crippen molar-refractivity contribution in [3.63, 3.8) is 0 Å². The summed E-state index contributed by atoms with van der Waals surface area (Å²) < 4.78 is 24.9. The summed E-state index contributed by atoms with van der Waals surface area (Å²) in [5.41, 5.74) is 1.92. The number of hydrogen-bond donors (Lipinski definition) is 0. The molecule has 0 aliphatic carbocycles. The van der Waals surface area contributed by atoms with Crippen LogP contribution >= 0.6 is 0 Å². The second-order valence-electron chi connectivity index (χ2n) is 5.84. The monoisotopic (exact) mass is 348 g/mol. The van der Waals surface area contributed by atoms with E-state index in [1.54, 1.807) is 7.11 Å². The normalized spacial score (nSPS) is 15.0. The van der Waals surface area contributed by atoms with Gasteiger partial charge in [0.1, 0.15) is 35.4 Å². The van der Waals surface area contributed by atoms with Gasteiger partial charge < -0.3 is 18.6 Å². The number of nitrogens with zero attached hydrogens (tertiary/aromatic N) is 2. The van der Waals surface area contributed by atoms with Crippen LogP contribution in [0.5, 0.6) is 11.5 Å². The second-order valence-corrected chi connectivity index (χ2v) is 7.70. The molecule has 0 amide bonds. The van der Waals surface area contributed by atoms with Crippen molar-refractivity contribution in [3.8, 4) is 22.8 Å². The quantitative estimate of drug-likeness (QED) is 0.722. The third-order valence-electron chi connectivity index (χ3n) is 4.26. The van der Waals surface area contributed by atoms with Gasteiger partial charge in [-0.3, -0.25) is 0 Å². The third-order valence-corrected chi connectivity index (χ3v) is 5.53. The lowest BCUT2D eigenvalue weighted by Crippen LogP contribution is -2.15. The molecule has 2 aromatic rings. The highest BCUT2D eigenvalue weighted by Gasteiger charge is 2.16. The van der Waals surface area contributed by atoms with Crippen molar-refractivity contribution in [3.05, 3.63) is 30.2 Å². The predicted molar refractivity (Wildman–Crippen MR) is 96.2 cm³/mol. The molecule has 0 N–H and O–H groups in total. The van der Waals surface area contributed by atoms with Gasteiger partial charge in [-0.1, -0.05) is 11.2 Å². The molecule has 0 fully saturated rings. The van der Waals surface area contributed by atoms with Crippen molar-refractivity contribution in [2.45, 2.75) is 32.7 Å². The molecule has 0 radical (unpaired) electrons. The minimum absolute atomic E-state index is 0.446. The molecule has 24 heavy (non-hydrogen) atoms. The van der Waals surface area contributed by atoms with Gasteiger partial charge in [0.25, 0.3) is 0 Å². The summed E-state index contributed by atoms with van der Waals surface area (Å²) in [6.45, 7) is 3.40. The fourth-order valence-electron chi connectivity index (χ4n) is 2.91. The number of fused-ring (bicyclic) bond motifs is 1. The second kappa shape index (κ2) is 7.94. The number of methoxy groups -OCH3 is 1. The van der Waals surface area contributed by atoms with Crippen molar-refractivity contribution in [2.75, 3.05) is 25.2 Å². The van der Waals surface area contributed by atoms with Crippen molar-refractivity contribution in [1.29, 1.82) is 0 Å². The van der Waals surface area contributed by atoms with Crippen molar-refractivity contribution in [2.24, 2.45) is 0 Å². The number of benzene rings is 1. The van der Waals surface area contributed by atoms with E-state index in [1.807, 2.05) is 25.1 Å². The molecule has 1 atom stereocenters. The summed E-state index contributed by atoms with van der Waals surface area (Å²) in [5, 5.41) is 0. The molecule has 1 aliphatic heterocycles. The smallest absolute Gasteiger partial charge is 0.139 e. The van der Waals surface area contributed by atoms with E-state index in [1.165, 1.54) is 12.8 Å². The average molecular weight is 348 g/mol. The first-order chi connectivity index (χ1) is 11.7. The third kappa shape index (κ3) is 3.87. The lowest BCUT2D eigenvalue weighted by atomic mass is 10.1. The Kier molecular flexibility index (Phi) is 5.68. The standard InChI is InChI=1S/C18H24N2O3S/c1-3-24(21)11-10-23-14-7-8-15(17(12-14)22-2)16-13-20-9-5-4-6-18(20)19-16/h7-8,12-13H,3-6,9-11H2,1-2H3. The first-order valence-electron chi connectivity index (χ1n) is 8.43. The van der Waals surface area contributed by atoms with Crippen LogP contribution in [0.15, 0.2) is 24.4 Å². The van der Waals surface area contributed by atoms with Gasteiger partial charge >= 0.3 is 0 Å². The van der Waals surface area contributed by atoms with E-state index in [4.69, 9.17) is 14.5 Å². The highest BCUT2D eigenvalue weighted by Crippen LogP contribution is 2.33. The van der Waals surface area contributed by atoms with Crippen molar-refractivity contribution in [1.82, 2.24) is 9.55 Å². The van der Waals surface area contributed by atoms with Crippen LogP contribution in [0.4, 0.5) is 0 Å². The maximum Gasteiger partial charge on any atom is 0.139 e. The van der Waals surface area contributed by atoms with Crippen LogP contribution in [-0.4, -0.2) is 39.3 Å². The molecule has 1 aliphatic rings. The molecular weight excluding hydrogens is 324 g/mol. The Hall–Kier alpha value is -1.66. The topological polar surface area (TPSA) is 59.3 Å². The van der Waals surface area contributed by atoms with E-state index in [0.717, 1.165) is 41.5 Å². The molecule has 5 nitrogen and oxygen atoms in total. The first kappa shape index (κ1) is 17.2. The average Bonchev–Trinajstić information content (AvgIpc) is 3.05. The molecule has 3 rings (SSSR count). The van der Waals surface area contributed by atoms with E-state index in [-0.39, 0.29) is 0 Å². The summed E-state index contributed by atoms with van der Waals surface area (Å²) in [4.78, 5) is 4.76. The number of rotatable bonds is 7. The summed E-state index contributed by atoms with van der Waals surface area (Å²) in [6, 6.07) is 5.78. The fraction of sp³-hybridized carbons (Fsp3) is 0.500. The van der Waals surface area contributed by atoms with E-state index in [0.29, 0.717) is 18.1 Å². The van der Waals surface area contributed by atoms with Crippen LogP contribution < -0.4 is 9.47 Å². The number of ether oxygens (including phenoxy) is 2. The van der Waals surface area contributed by atoms with Crippen LogP contribution in [0.25, 0.3) is 11.3 Å². The Bertz CT molecular complexity index is 663. The largest absolute Gasteiger partial charge is 0.616 e. The molecule has 0 bridgehead atoms. The predicted octanol–water partition coefficient (Wildman–Crippen LogP) is 3.04. The molecular formula is C18H24N2O3S. The number of aryl methyl sites for hydroxylation is 2. The van der Waals surface area contributed by atoms with E-state index in [2.05, 4.69) is 10.8 Å². The fourth-order valence-corrected chi connectivity index (χ4v) is 3.47. The Morgan fingerprint density at radius 1 is 1.33 bits per heavy atom. The van der Waals surface area contributed by atoms with Crippen molar-refractivity contribution < 1.29 is 14.0 Å². The van der Waals surface area contributed by atoms with Crippen molar-refractivity contribution >= 4 is 11.2 Å². The molecule has 0 saturated carbocycles. The Balaban J connectivity index is 1.75. The zero-order chi connectivity index (χ0) is 16.9. The zero-order valence-electron chi connectivity index (χ0n) is 14.3. The molecule has 1 aromatic carbocycles. The van der Waals surface area contributed by atoms with E-state index >= 15 is 0 Å². The summed E-state index contributed by atoms with van der Waals surface area (Å²) >= 11 is -0.807. The number of aromatic nitrogens is 2. The van der Waals surface area contributed by atoms with Gasteiger partial charge in [-0.15, -0.1) is 0 Å². The Labute approximate surface area is 146 Å². The van der Waals surface area contributed by atoms with Crippen LogP contribution in [0.1, 0.15) is 25.6 Å². The molecule has 0 spiro atoms.